The number of fused-ring (bicyclic) bond motifs is 2. The molecule has 0 unspecified atom stereocenters. The average Bonchev–Trinajstić information content (AvgIpc) is 3.31. The largest absolute Gasteiger partial charge is 0.331 e. The molecule has 0 spiro atoms. The van der Waals surface area contributed by atoms with Crippen LogP contribution in [0.5, 0.6) is 0 Å². The van der Waals surface area contributed by atoms with Gasteiger partial charge in [-0.3, -0.25) is 9.78 Å². The smallest absolute Gasteiger partial charge is 0.290 e. The monoisotopic (exact) mass is 408 g/mol. The van der Waals surface area contributed by atoms with Crippen LogP contribution in [0.4, 0.5) is 0 Å². The van der Waals surface area contributed by atoms with E-state index in [4.69, 9.17) is 11.6 Å². The molecule has 5 rings (SSSR count). The van der Waals surface area contributed by atoms with Gasteiger partial charge < -0.3 is 9.47 Å². The first-order valence-corrected chi connectivity index (χ1v) is 10.2. The number of pyridine rings is 1. The van der Waals surface area contributed by atoms with Crippen LogP contribution in [0.15, 0.2) is 48.8 Å². The first kappa shape index (κ1) is 17.4. The molecule has 140 valence electrons. The standard InChI is InChI=1S/C21H17ClN4OS/c1-25-17(18-10-16-19(28-18)15(22)6-8-23-16)11-24-20(25)21(27)26-9-7-13-4-2-3-5-14(13)12-26/h2-6,8,10-11H,7,9,12H2,1H3. The molecular weight excluding hydrogens is 392 g/mol. The lowest BCUT2D eigenvalue weighted by Gasteiger charge is -2.28. The summed E-state index contributed by atoms with van der Waals surface area (Å²) < 4.78 is 2.81. The molecule has 1 amide bonds. The van der Waals surface area contributed by atoms with Crippen LogP contribution in [0.3, 0.4) is 0 Å². The Bertz CT molecular complexity index is 1210. The van der Waals surface area contributed by atoms with E-state index in [0.717, 1.165) is 27.2 Å². The van der Waals surface area contributed by atoms with Crippen LogP contribution in [0.1, 0.15) is 21.7 Å². The zero-order valence-electron chi connectivity index (χ0n) is 15.2. The topological polar surface area (TPSA) is 51.0 Å². The normalized spacial score (nSPS) is 13.7. The first-order valence-electron chi connectivity index (χ1n) is 9.04. The number of hydrogen-bond acceptors (Lipinski definition) is 4. The molecule has 0 saturated carbocycles. The van der Waals surface area contributed by atoms with Crippen LogP contribution in [0.25, 0.3) is 20.8 Å². The number of imidazole rings is 1. The van der Waals surface area contributed by atoms with Crippen molar-refractivity contribution in [1.82, 2.24) is 19.4 Å². The van der Waals surface area contributed by atoms with Gasteiger partial charge in [0.1, 0.15) is 0 Å². The van der Waals surface area contributed by atoms with E-state index in [1.54, 1.807) is 29.8 Å². The first-order chi connectivity index (χ1) is 13.6. The number of aromatic nitrogens is 3. The van der Waals surface area contributed by atoms with Crippen molar-refractivity contribution in [1.29, 1.82) is 0 Å². The van der Waals surface area contributed by atoms with Gasteiger partial charge in [-0.25, -0.2) is 4.98 Å². The summed E-state index contributed by atoms with van der Waals surface area (Å²) in [6.45, 7) is 1.33. The maximum Gasteiger partial charge on any atom is 0.290 e. The second kappa shape index (κ2) is 6.72. The zero-order valence-corrected chi connectivity index (χ0v) is 16.8. The summed E-state index contributed by atoms with van der Waals surface area (Å²) in [7, 11) is 1.88. The van der Waals surface area contributed by atoms with Crippen LogP contribution < -0.4 is 0 Å². The second-order valence-corrected chi connectivity index (χ2v) is 8.35. The Morgan fingerprint density at radius 2 is 2.00 bits per heavy atom. The summed E-state index contributed by atoms with van der Waals surface area (Å²) in [5.74, 6) is 0.409. The van der Waals surface area contributed by atoms with Crippen molar-refractivity contribution in [2.24, 2.45) is 7.05 Å². The molecule has 1 aromatic carbocycles. The molecule has 0 saturated heterocycles. The molecule has 4 aromatic rings. The molecule has 5 nitrogen and oxygen atoms in total. The number of benzene rings is 1. The van der Waals surface area contributed by atoms with Gasteiger partial charge in [0.05, 0.1) is 32.0 Å². The van der Waals surface area contributed by atoms with Crippen molar-refractivity contribution in [2.75, 3.05) is 6.54 Å². The third kappa shape index (κ3) is 2.80. The quantitative estimate of drug-likeness (QED) is 0.489. The highest BCUT2D eigenvalue weighted by molar-refractivity contribution is 7.22. The number of carbonyl (C=O) groups excluding carboxylic acids is 1. The Hall–Kier alpha value is -2.70. The molecule has 28 heavy (non-hydrogen) atoms. The molecule has 3 aromatic heterocycles. The minimum absolute atomic E-state index is 0.0412. The van der Waals surface area contributed by atoms with Crippen molar-refractivity contribution in [2.45, 2.75) is 13.0 Å². The molecule has 0 aliphatic carbocycles. The molecule has 7 heteroatoms. The fraction of sp³-hybridized carbons (Fsp3) is 0.190. The second-order valence-electron chi connectivity index (χ2n) is 6.89. The Kier molecular flexibility index (Phi) is 4.18. The predicted octanol–water partition coefficient (Wildman–Crippen LogP) is 4.55. The lowest BCUT2D eigenvalue weighted by molar-refractivity contribution is 0.0719. The van der Waals surface area contributed by atoms with Crippen molar-refractivity contribution in [3.05, 3.63) is 70.8 Å². The molecule has 0 radical (unpaired) electrons. The van der Waals surface area contributed by atoms with E-state index in [1.807, 2.05) is 34.7 Å². The lowest BCUT2D eigenvalue weighted by atomic mass is 10.00. The van der Waals surface area contributed by atoms with Crippen molar-refractivity contribution in [3.63, 3.8) is 0 Å². The summed E-state index contributed by atoms with van der Waals surface area (Å²) in [5.41, 5.74) is 4.28. The van der Waals surface area contributed by atoms with Crippen LogP contribution in [-0.4, -0.2) is 31.9 Å². The number of carbonyl (C=O) groups is 1. The molecule has 0 bridgehead atoms. The van der Waals surface area contributed by atoms with Gasteiger partial charge in [0.15, 0.2) is 5.82 Å². The molecule has 1 aliphatic heterocycles. The lowest BCUT2D eigenvalue weighted by Crippen LogP contribution is -2.37. The van der Waals surface area contributed by atoms with E-state index in [0.29, 0.717) is 23.9 Å². The van der Waals surface area contributed by atoms with E-state index in [-0.39, 0.29) is 5.91 Å². The van der Waals surface area contributed by atoms with E-state index < -0.39 is 0 Å². The minimum Gasteiger partial charge on any atom is -0.331 e. The Morgan fingerprint density at radius 1 is 1.18 bits per heavy atom. The number of rotatable bonds is 2. The molecule has 4 heterocycles. The van der Waals surface area contributed by atoms with Gasteiger partial charge in [0.2, 0.25) is 0 Å². The maximum absolute atomic E-state index is 13.1. The molecule has 0 atom stereocenters. The van der Waals surface area contributed by atoms with Gasteiger partial charge in [0, 0.05) is 26.3 Å². The van der Waals surface area contributed by atoms with Gasteiger partial charge in [-0.05, 0) is 29.7 Å². The van der Waals surface area contributed by atoms with E-state index >= 15 is 0 Å². The van der Waals surface area contributed by atoms with Crippen LogP contribution >= 0.6 is 22.9 Å². The Morgan fingerprint density at radius 3 is 2.82 bits per heavy atom. The van der Waals surface area contributed by atoms with E-state index in [1.165, 1.54) is 11.1 Å². The SMILES string of the molecule is Cn1c(-c2cc3nccc(Cl)c3s2)cnc1C(=O)N1CCc2ccccc2C1. The summed E-state index contributed by atoms with van der Waals surface area (Å²) in [6, 6.07) is 12.1. The van der Waals surface area contributed by atoms with E-state index in [2.05, 4.69) is 22.1 Å². The third-order valence-electron chi connectivity index (χ3n) is 5.21. The maximum atomic E-state index is 13.1. The number of thiophene rings is 1. The van der Waals surface area contributed by atoms with E-state index in [9.17, 15) is 4.79 Å². The molecule has 0 N–H and O–H groups in total. The number of halogens is 1. The van der Waals surface area contributed by atoms with Crippen LogP contribution in [0, 0.1) is 0 Å². The van der Waals surface area contributed by atoms with Crippen LogP contribution in [0.2, 0.25) is 5.02 Å². The molecule has 0 fully saturated rings. The van der Waals surface area contributed by atoms with Crippen molar-refractivity contribution in [3.8, 4) is 10.6 Å². The fourth-order valence-corrected chi connectivity index (χ4v) is 5.02. The Balaban J connectivity index is 1.47. The highest BCUT2D eigenvalue weighted by Gasteiger charge is 2.25. The Labute approximate surface area is 171 Å². The fourth-order valence-electron chi connectivity index (χ4n) is 3.68. The van der Waals surface area contributed by atoms with Gasteiger partial charge in [-0.1, -0.05) is 35.9 Å². The van der Waals surface area contributed by atoms with Gasteiger partial charge >= 0.3 is 0 Å². The van der Waals surface area contributed by atoms with Crippen LogP contribution in [-0.2, 0) is 20.0 Å². The highest BCUT2D eigenvalue weighted by Crippen LogP contribution is 2.36. The van der Waals surface area contributed by atoms with Gasteiger partial charge in [-0.2, -0.15) is 0 Å². The summed E-state index contributed by atoms with van der Waals surface area (Å²) >= 11 is 7.85. The zero-order chi connectivity index (χ0) is 19.3. The summed E-state index contributed by atoms with van der Waals surface area (Å²) in [6.07, 6.45) is 4.33. The predicted molar refractivity (Wildman–Crippen MR) is 112 cm³/mol. The van der Waals surface area contributed by atoms with Gasteiger partial charge in [-0.15, -0.1) is 11.3 Å². The number of hydrogen-bond donors (Lipinski definition) is 0. The highest BCUT2D eigenvalue weighted by atomic mass is 35.5. The van der Waals surface area contributed by atoms with Gasteiger partial charge in [0.25, 0.3) is 5.91 Å². The molecular formula is C21H17ClN4OS. The molecule has 1 aliphatic rings. The average molecular weight is 409 g/mol. The summed E-state index contributed by atoms with van der Waals surface area (Å²) in [5, 5.41) is 0.687. The van der Waals surface area contributed by atoms with Crippen molar-refractivity contribution < 1.29 is 4.79 Å². The number of nitrogens with zero attached hydrogens (tertiary/aromatic N) is 4. The summed E-state index contributed by atoms with van der Waals surface area (Å²) in [4.78, 5) is 24.8. The van der Waals surface area contributed by atoms with Crippen molar-refractivity contribution >= 4 is 39.1 Å². The third-order valence-corrected chi connectivity index (χ3v) is 6.82. The minimum atomic E-state index is -0.0412. The number of amides is 1.